The van der Waals surface area contributed by atoms with Crippen LogP contribution in [0.3, 0.4) is 0 Å². The van der Waals surface area contributed by atoms with Crippen LogP contribution in [0.25, 0.3) is 5.69 Å². The Morgan fingerprint density at radius 1 is 1.29 bits per heavy atom. The van der Waals surface area contributed by atoms with Crippen molar-refractivity contribution in [1.29, 1.82) is 0 Å². The Kier molecular flexibility index (Phi) is 5.20. The van der Waals surface area contributed by atoms with Crippen molar-refractivity contribution in [3.8, 4) is 11.4 Å². The average Bonchev–Trinajstić information content (AvgIpc) is 3.37. The quantitative estimate of drug-likeness (QED) is 0.702. The van der Waals surface area contributed by atoms with E-state index in [9.17, 15) is 4.79 Å². The summed E-state index contributed by atoms with van der Waals surface area (Å²) in [6, 6.07) is 7.56. The Morgan fingerprint density at radius 3 is 2.68 bits per heavy atom. The molecule has 9 nitrogen and oxygen atoms in total. The monoisotopic (exact) mass is 400 g/mol. The Bertz CT molecular complexity index is 933. The van der Waals surface area contributed by atoms with Crippen molar-refractivity contribution in [3.05, 3.63) is 46.2 Å². The van der Waals surface area contributed by atoms with Gasteiger partial charge in [-0.1, -0.05) is 0 Å². The molecular weight excluding hydrogens is 380 g/mol. The lowest BCUT2D eigenvalue weighted by molar-refractivity contribution is 0.132. The van der Waals surface area contributed by atoms with Gasteiger partial charge in [-0.15, -0.1) is 16.4 Å². The van der Waals surface area contributed by atoms with Crippen molar-refractivity contribution in [2.45, 2.75) is 32.3 Å². The third-order valence-electron chi connectivity index (χ3n) is 4.84. The second kappa shape index (κ2) is 7.93. The van der Waals surface area contributed by atoms with Crippen LogP contribution in [0.15, 0.2) is 30.6 Å². The molecule has 1 amide bonds. The van der Waals surface area contributed by atoms with E-state index in [1.165, 1.54) is 4.90 Å². The Labute approximate surface area is 165 Å². The van der Waals surface area contributed by atoms with Crippen LogP contribution in [0.4, 0.5) is 4.79 Å². The number of hydrogen-bond donors (Lipinski definition) is 1. The predicted molar refractivity (Wildman–Crippen MR) is 102 cm³/mol. The van der Waals surface area contributed by atoms with Crippen LogP contribution in [0.1, 0.15) is 34.3 Å². The molecule has 1 aliphatic heterocycles. The fourth-order valence-electron chi connectivity index (χ4n) is 3.20. The van der Waals surface area contributed by atoms with Gasteiger partial charge in [0.05, 0.1) is 21.3 Å². The molecular formula is C18H20N6O3S. The van der Waals surface area contributed by atoms with Gasteiger partial charge in [-0.25, -0.2) is 14.5 Å². The van der Waals surface area contributed by atoms with Crippen molar-refractivity contribution in [2.75, 3.05) is 13.1 Å². The maximum atomic E-state index is 11.0. The summed E-state index contributed by atoms with van der Waals surface area (Å²) < 4.78 is 7.50. The van der Waals surface area contributed by atoms with Gasteiger partial charge >= 0.3 is 6.09 Å². The van der Waals surface area contributed by atoms with E-state index >= 15 is 0 Å². The van der Waals surface area contributed by atoms with Crippen LogP contribution in [-0.2, 0) is 6.61 Å². The summed E-state index contributed by atoms with van der Waals surface area (Å²) in [5, 5.41) is 21.3. The predicted octanol–water partition coefficient (Wildman–Crippen LogP) is 2.86. The number of aryl methyl sites for hydroxylation is 1. The van der Waals surface area contributed by atoms with Gasteiger partial charge < -0.3 is 14.7 Å². The first-order valence-corrected chi connectivity index (χ1v) is 9.82. The van der Waals surface area contributed by atoms with Gasteiger partial charge in [-0.05, 0) is 54.5 Å². The van der Waals surface area contributed by atoms with Crippen LogP contribution in [-0.4, -0.2) is 54.4 Å². The molecule has 1 aromatic carbocycles. The molecule has 0 unspecified atom stereocenters. The minimum absolute atomic E-state index is 0.323. The van der Waals surface area contributed by atoms with Crippen molar-refractivity contribution >= 4 is 17.4 Å². The number of tetrazole rings is 1. The standard InChI is InChI=1S/C18H20N6O3S/c1-12-16(28-17(20-12)13-6-8-23(9-7-13)18(25)26)10-27-15-4-2-14(3-5-15)24-11-19-21-22-24/h2-5,11,13H,6-10H2,1H3,(H,25,26). The molecule has 3 heterocycles. The summed E-state index contributed by atoms with van der Waals surface area (Å²) in [6.07, 6.45) is 2.34. The summed E-state index contributed by atoms with van der Waals surface area (Å²) in [5.41, 5.74) is 1.84. The minimum atomic E-state index is -0.839. The molecule has 0 spiro atoms. The maximum Gasteiger partial charge on any atom is 0.407 e. The fraction of sp³-hybridized carbons (Fsp3) is 0.389. The van der Waals surface area contributed by atoms with Crippen LogP contribution in [0, 0.1) is 6.92 Å². The molecule has 2 aromatic heterocycles. The number of carboxylic acid groups (broad SMARTS) is 1. The minimum Gasteiger partial charge on any atom is -0.488 e. The molecule has 1 N–H and O–H groups in total. The van der Waals surface area contributed by atoms with Crippen LogP contribution < -0.4 is 4.74 Å². The van der Waals surface area contributed by atoms with Gasteiger partial charge in [-0.3, -0.25) is 0 Å². The molecule has 0 radical (unpaired) electrons. The van der Waals surface area contributed by atoms with Gasteiger partial charge in [0.2, 0.25) is 0 Å². The zero-order chi connectivity index (χ0) is 19.5. The number of aromatic nitrogens is 5. The Morgan fingerprint density at radius 2 is 2.04 bits per heavy atom. The molecule has 0 saturated carbocycles. The third kappa shape index (κ3) is 3.96. The smallest absolute Gasteiger partial charge is 0.407 e. The molecule has 1 saturated heterocycles. The molecule has 1 aliphatic rings. The van der Waals surface area contributed by atoms with Crippen LogP contribution in [0.2, 0.25) is 0 Å². The summed E-state index contributed by atoms with van der Waals surface area (Å²) >= 11 is 1.66. The van der Waals surface area contributed by atoms with E-state index in [4.69, 9.17) is 14.8 Å². The van der Waals surface area contributed by atoms with Gasteiger partial charge in [0.1, 0.15) is 18.7 Å². The molecule has 0 aliphatic carbocycles. The van der Waals surface area contributed by atoms with Crippen molar-refractivity contribution in [3.63, 3.8) is 0 Å². The topological polar surface area (TPSA) is 106 Å². The number of nitrogens with zero attached hydrogens (tertiary/aromatic N) is 6. The Hall–Kier alpha value is -3.01. The number of benzene rings is 1. The van der Waals surface area contributed by atoms with Crippen molar-refractivity contribution in [1.82, 2.24) is 30.1 Å². The molecule has 0 atom stereocenters. The number of hydrogen-bond acceptors (Lipinski definition) is 7. The van der Waals surface area contributed by atoms with E-state index in [0.717, 1.165) is 39.9 Å². The summed E-state index contributed by atoms with van der Waals surface area (Å²) in [5.74, 6) is 1.09. The SMILES string of the molecule is Cc1nc(C2CCN(C(=O)O)CC2)sc1COc1ccc(-n2cnnn2)cc1. The lowest BCUT2D eigenvalue weighted by Gasteiger charge is -2.28. The normalized spacial score (nSPS) is 15.0. The average molecular weight is 400 g/mol. The van der Waals surface area contributed by atoms with Gasteiger partial charge in [0.15, 0.2) is 0 Å². The fourth-order valence-corrected chi connectivity index (χ4v) is 4.35. The molecule has 0 bridgehead atoms. The van der Waals surface area contributed by atoms with E-state index in [1.54, 1.807) is 22.3 Å². The molecule has 10 heteroatoms. The van der Waals surface area contributed by atoms with Crippen molar-refractivity contribution < 1.29 is 14.6 Å². The number of thiazole rings is 1. The van der Waals surface area contributed by atoms with Gasteiger partial charge in [0, 0.05) is 19.0 Å². The van der Waals surface area contributed by atoms with Gasteiger partial charge in [-0.2, -0.15) is 0 Å². The molecule has 146 valence electrons. The van der Waals surface area contributed by atoms with Crippen LogP contribution >= 0.6 is 11.3 Å². The maximum absolute atomic E-state index is 11.0. The highest BCUT2D eigenvalue weighted by Crippen LogP contribution is 2.33. The highest BCUT2D eigenvalue weighted by molar-refractivity contribution is 7.11. The summed E-state index contributed by atoms with van der Waals surface area (Å²) in [6.45, 7) is 3.59. The number of likely N-dealkylation sites (tertiary alicyclic amines) is 1. The number of carbonyl (C=O) groups is 1. The van der Waals surface area contributed by atoms with E-state index in [1.807, 2.05) is 31.2 Å². The number of amides is 1. The molecule has 3 aromatic rings. The van der Waals surface area contributed by atoms with E-state index < -0.39 is 6.09 Å². The van der Waals surface area contributed by atoms with E-state index in [0.29, 0.717) is 25.6 Å². The summed E-state index contributed by atoms with van der Waals surface area (Å²) in [4.78, 5) is 18.3. The first-order valence-electron chi connectivity index (χ1n) is 9.00. The number of piperidine rings is 1. The highest BCUT2D eigenvalue weighted by atomic mass is 32.1. The lowest BCUT2D eigenvalue weighted by atomic mass is 9.98. The highest BCUT2D eigenvalue weighted by Gasteiger charge is 2.26. The third-order valence-corrected chi connectivity index (χ3v) is 6.14. The number of rotatable bonds is 5. The van der Waals surface area contributed by atoms with E-state index in [-0.39, 0.29) is 0 Å². The zero-order valence-electron chi connectivity index (χ0n) is 15.4. The summed E-state index contributed by atoms with van der Waals surface area (Å²) in [7, 11) is 0. The van der Waals surface area contributed by atoms with Crippen molar-refractivity contribution in [2.24, 2.45) is 0 Å². The lowest BCUT2D eigenvalue weighted by Crippen LogP contribution is -2.36. The van der Waals surface area contributed by atoms with Crippen LogP contribution in [0.5, 0.6) is 5.75 Å². The second-order valence-electron chi connectivity index (χ2n) is 6.64. The van der Waals surface area contributed by atoms with Gasteiger partial charge in [0.25, 0.3) is 0 Å². The first kappa shape index (κ1) is 18.4. The number of ether oxygens (including phenoxy) is 1. The molecule has 4 rings (SSSR count). The molecule has 1 fully saturated rings. The molecule has 28 heavy (non-hydrogen) atoms. The Balaban J connectivity index is 1.36. The largest absolute Gasteiger partial charge is 0.488 e. The second-order valence-corrected chi connectivity index (χ2v) is 7.76. The zero-order valence-corrected chi connectivity index (χ0v) is 16.2. The first-order chi connectivity index (χ1) is 13.6. The van der Waals surface area contributed by atoms with E-state index in [2.05, 4.69) is 15.5 Å².